The Morgan fingerprint density at radius 3 is 2.30 bits per heavy atom. The summed E-state index contributed by atoms with van der Waals surface area (Å²) in [6, 6.07) is 6.57. The van der Waals surface area contributed by atoms with E-state index in [1.54, 1.807) is 28.9 Å². The van der Waals surface area contributed by atoms with E-state index in [0.717, 1.165) is 13.1 Å². The van der Waals surface area contributed by atoms with Crippen molar-refractivity contribution < 1.29 is 5.11 Å². The number of phenols is 1. The first-order valence-corrected chi connectivity index (χ1v) is 7.29. The van der Waals surface area contributed by atoms with Crippen LogP contribution < -0.4 is 0 Å². The lowest BCUT2D eigenvalue weighted by Crippen LogP contribution is -2.27. The molecule has 2 aromatic heterocycles. The van der Waals surface area contributed by atoms with Crippen molar-refractivity contribution in [3.05, 3.63) is 24.3 Å². The third-order valence-corrected chi connectivity index (χ3v) is 3.52. The second-order valence-electron chi connectivity index (χ2n) is 4.88. The SMILES string of the molecule is CCN(CC)Cn1nnnc1-c1nnnn1-c1ccc(O)cc1. The number of hydrogen-bond acceptors (Lipinski definition) is 8. The molecule has 10 heteroatoms. The van der Waals surface area contributed by atoms with Gasteiger partial charge in [0, 0.05) is 0 Å². The highest BCUT2D eigenvalue weighted by molar-refractivity contribution is 5.48. The molecule has 0 radical (unpaired) electrons. The van der Waals surface area contributed by atoms with Gasteiger partial charge in [0.25, 0.3) is 0 Å². The van der Waals surface area contributed by atoms with E-state index in [1.165, 1.54) is 4.68 Å². The molecule has 0 saturated heterocycles. The van der Waals surface area contributed by atoms with Crippen molar-refractivity contribution >= 4 is 0 Å². The van der Waals surface area contributed by atoms with Gasteiger partial charge in [0.1, 0.15) is 5.75 Å². The maximum atomic E-state index is 9.40. The summed E-state index contributed by atoms with van der Waals surface area (Å²) < 4.78 is 3.19. The molecule has 1 N–H and O–H groups in total. The van der Waals surface area contributed by atoms with Crippen LogP contribution in [0.25, 0.3) is 17.3 Å². The zero-order valence-corrected chi connectivity index (χ0v) is 12.9. The zero-order valence-electron chi connectivity index (χ0n) is 12.9. The van der Waals surface area contributed by atoms with Gasteiger partial charge in [-0.2, -0.15) is 4.68 Å². The first kappa shape index (κ1) is 15.0. The largest absolute Gasteiger partial charge is 0.508 e. The highest BCUT2D eigenvalue weighted by Crippen LogP contribution is 2.18. The maximum Gasteiger partial charge on any atom is 0.226 e. The van der Waals surface area contributed by atoms with Gasteiger partial charge in [-0.25, -0.2) is 4.68 Å². The van der Waals surface area contributed by atoms with E-state index in [9.17, 15) is 5.11 Å². The van der Waals surface area contributed by atoms with E-state index < -0.39 is 0 Å². The fraction of sp³-hybridized carbons (Fsp3) is 0.385. The molecule has 0 aliphatic carbocycles. The van der Waals surface area contributed by atoms with Gasteiger partial charge in [-0.05, 0) is 58.2 Å². The van der Waals surface area contributed by atoms with Crippen molar-refractivity contribution in [2.75, 3.05) is 13.1 Å². The number of rotatable bonds is 6. The molecule has 0 unspecified atom stereocenters. The standard InChI is InChI=1S/C13H17N9O/c1-3-20(4-2)9-21-12(14-16-18-21)13-15-17-19-22(13)10-5-7-11(23)8-6-10/h5-8,23H,3-4,9H2,1-2H3. The smallest absolute Gasteiger partial charge is 0.226 e. The number of aromatic hydroxyl groups is 1. The topological polar surface area (TPSA) is 111 Å². The first-order chi connectivity index (χ1) is 11.2. The third kappa shape index (κ3) is 3.01. The Hall–Kier alpha value is -2.88. The Balaban J connectivity index is 1.96. The molecule has 3 rings (SSSR count). The Kier molecular flexibility index (Phi) is 4.24. The Labute approximate surface area is 132 Å². The van der Waals surface area contributed by atoms with Crippen LogP contribution in [0.5, 0.6) is 5.75 Å². The number of tetrazole rings is 2. The molecule has 2 heterocycles. The van der Waals surface area contributed by atoms with Crippen LogP contribution in [0.4, 0.5) is 0 Å². The van der Waals surface area contributed by atoms with Gasteiger partial charge in [0.05, 0.1) is 12.4 Å². The average Bonchev–Trinajstić information content (AvgIpc) is 3.21. The van der Waals surface area contributed by atoms with E-state index in [4.69, 9.17) is 0 Å². The molecule has 0 bridgehead atoms. The van der Waals surface area contributed by atoms with Gasteiger partial charge in [-0.15, -0.1) is 10.2 Å². The lowest BCUT2D eigenvalue weighted by atomic mass is 10.3. The van der Waals surface area contributed by atoms with Crippen LogP contribution >= 0.6 is 0 Å². The zero-order chi connectivity index (χ0) is 16.2. The van der Waals surface area contributed by atoms with Crippen molar-refractivity contribution in [1.82, 2.24) is 45.3 Å². The van der Waals surface area contributed by atoms with Crippen LogP contribution in [0.2, 0.25) is 0 Å². The Bertz CT molecular complexity index is 760. The predicted octanol–water partition coefficient (Wildman–Crippen LogP) is 0.321. The van der Waals surface area contributed by atoms with Gasteiger partial charge in [-0.3, -0.25) is 4.90 Å². The average molecular weight is 315 g/mol. The number of phenolic OH excluding ortho intramolecular Hbond substituents is 1. The van der Waals surface area contributed by atoms with Crippen molar-refractivity contribution in [3.63, 3.8) is 0 Å². The summed E-state index contributed by atoms with van der Waals surface area (Å²) in [6.07, 6.45) is 0. The quantitative estimate of drug-likeness (QED) is 0.692. The monoisotopic (exact) mass is 315 g/mol. The molecular formula is C13H17N9O. The molecule has 0 aliphatic heterocycles. The molecule has 0 atom stereocenters. The van der Waals surface area contributed by atoms with Crippen molar-refractivity contribution in [3.8, 4) is 23.1 Å². The van der Waals surface area contributed by atoms with Crippen molar-refractivity contribution in [2.45, 2.75) is 20.5 Å². The lowest BCUT2D eigenvalue weighted by molar-refractivity contribution is 0.228. The van der Waals surface area contributed by atoms with Crippen molar-refractivity contribution in [2.24, 2.45) is 0 Å². The molecule has 10 nitrogen and oxygen atoms in total. The Morgan fingerprint density at radius 2 is 1.61 bits per heavy atom. The second kappa shape index (κ2) is 6.48. The molecule has 0 fully saturated rings. The number of nitrogens with zero attached hydrogens (tertiary/aromatic N) is 9. The summed E-state index contributed by atoms with van der Waals surface area (Å²) in [4.78, 5) is 2.18. The highest BCUT2D eigenvalue weighted by Gasteiger charge is 2.19. The van der Waals surface area contributed by atoms with Crippen LogP contribution in [0, 0.1) is 0 Å². The number of hydrogen-bond donors (Lipinski definition) is 1. The van der Waals surface area contributed by atoms with Crippen LogP contribution in [0.1, 0.15) is 13.8 Å². The van der Waals surface area contributed by atoms with Gasteiger partial charge < -0.3 is 5.11 Å². The third-order valence-electron chi connectivity index (χ3n) is 3.52. The molecular weight excluding hydrogens is 298 g/mol. The molecule has 1 aromatic carbocycles. The van der Waals surface area contributed by atoms with Crippen LogP contribution in [0.15, 0.2) is 24.3 Å². The summed E-state index contributed by atoms with van der Waals surface area (Å²) in [5.74, 6) is 1.09. The highest BCUT2D eigenvalue weighted by atomic mass is 16.3. The molecule has 0 aliphatic rings. The molecule has 0 saturated carbocycles. The van der Waals surface area contributed by atoms with Crippen LogP contribution in [0.3, 0.4) is 0 Å². The van der Waals surface area contributed by atoms with Crippen LogP contribution in [-0.2, 0) is 6.67 Å². The predicted molar refractivity (Wildman–Crippen MR) is 80.6 cm³/mol. The molecule has 23 heavy (non-hydrogen) atoms. The summed E-state index contributed by atoms with van der Waals surface area (Å²) in [5, 5.41) is 32.9. The first-order valence-electron chi connectivity index (χ1n) is 7.29. The lowest BCUT2D eigenvalue weighted by Gasteiger charge is -2.17. The minimum Gasteiger partial charge on any atom is -0.508 e. The summed E-state index contributed by atoms with van der Waals surface area (Å²) >= 11 is 0. The minimum atomic E-state index is 0.176. The van der Waals surface area contributed by atoms with E-state index in [2.05, 4.69) is 49.8 Å². The number of aromatic nitrogens is 8. The Morgan fingerprint density at radius 1 is 0.957 bits per heavy atom. The van der Waals surface area contributed by atoms with Gasteiger partial charge in [0.2, 0.25) is 11.6 Å². The fourth-order valence-corrected chi connectivity index (χ4v) is 2.17. The van der Waals surface area contributed by atoms with Crippen molar-refractivity contribution in [1.29, 1.82) is 0 Å². The van der Waals surface area contributed by atoms with Gasteiger partial charge >= 0.3 is 0 Å². The minimum absolute atomic E-state index is 0.176. The van der Waals surface area contributed by atoms with Crippen LogP contribution in [-0.4, -0.2) is 63.5 Å². The second-order valence-corrected chi connectivity index (χ2v) is 4.88. The molecule has 0 amide bonds. The van der Waals surface area contributed by atoms with Gasteiger partial charge in [0.15, 0.2) is 0 Å². The summed E-state index contributed by atoms with van der Waals surface area (Å²) in [5.41, 5.74) is 0.709. The van der Waals surface area contributed by atoms with E-state index >= 15 is 0 Å². The fourth-order valence-electron chi connectivity index (χ4n) is 2.17. The van der Waals surface area contributed by atoms with E-state index in [-0.39, 0.29) is 5.75 Å². The molecule has 0 spiro atoms. The maximum absolute atomic E-state index is 9.40. The number of benzene rings is 1. The molecule has 120 valence electrons. The molecule has 3 aromatic rings. The summed E-state index contributed by atoms with van der Waals surface area (Å²) in [6.45, 7) is 6.48. The van der Waals surface area contributed by atoms with Gasteiger partial charge in [-0.1, -0.05) is 13.8 Å². The summed E-state index contributed by atoms with van der Waals surface area (Å²) in [7, 11) is 0. The van der Waals surface area contributed by atoms with E-state index in [1.807, 2.05) is 0 Å². The van der Waals surface area contributed by atoms with E-state index in [0.29, 0.717) is 24.0 Å². The normalized spacial score (nSPS) is 11.3.